The molecule has 0 saturated carbocycles. The molecule has 0 amide bonds. The molecule has 4 aliphatic rings. The highest BCUT2D eigenvalue weighted by Gasteiger charge is 2.49. The average molecular weight is 602 g/mol. The van der Waals surface area contributed by atoms with Gasteiger partial charge < -0.3 is 19.5 Å². The molecular formula is C36H36FN7O. The van der Waals surface area contributed by atoms with E-state index in [9.17, 15) is 4.39 Å². The molecule has 0 spiro atoms. The summed E-state index contributed by atoms with van der Waals surface area (Å²) in [6.07, 6.45) is 11.9. The number of aryl methyl sites for hydroxylation is 1. The Hall–Kier alpha value is -4.26. The largest absolute Gasteiger partial charge is 0.461 e. The Kier molecular flexibility index (Phi) is 6.10. The molecule has 4 fully saturated rings. The number of benzene rings is 2. The first-order valence-corrected chi connectivity index (χ1v) is 16.2. The van der Waals surface area contributed by atoms with Gasteiger partial charge in [-0.15, -0.1) is 6.42 Å². The van der Waals surface area contributed by atoms with Crippen LogP contribution in [0.1, 0.15) is 37.7 Å². The summed E-state index contributed by atoms with van der Waals surface area (Å²) in [4.78, 5) is 19.8. The number of alkyl halides is 1. The van der Waals surface area contributed by atoms with Crippen LogP contribution in [0.2, 0.25) is 0 Å². The highest BCUT2D eigenvalue weighted by Crippen LogP contribution is 2.43. The first-order valence-electron chi connectivity index (χ1n) is 16.2. The van der Waals surface area contributed by atoms with Crippen LogP contribution in [-0.2, 0) is 7.05 Å². The number of hydrogen-bond acceptors (Lipinski definition) is 7. The van der Waals surface area contributed by atoms with Crippen molar-refractivity contribution in [2.45, 2.75) is 55.9 Å². The Morgan fingerprint density at radius 3 is 2.71 bits per heavy atom. The lowest BCUT2D eigenvalue weighted by Gasteiger charge is -2.34. The molecule has 4 saturated heterocycles. The number of halogens is 1. The summed E-state index contributed by atoms with van der Waals surface area (Å²) in [6.45, 7) is 3.57. The van der Waals surface area contributed by atoms with Gasteiger partial charge in [0.1, 0.15) is 24.2 Å². The number of pyridine rings is 1. The number of rotatable bonds is 5. The summed E-state index contributed by atoms with van der Waals surface area (Å²) >= 11 is 0. The lowest BCUT2D eigenvalue weighted by Crippen LogP contribution is -2.51. The predicted octanol–water partition coefficient (Wildman–Crippen LogP) is 5.21. The van der Waals surface area contributed by atoms with Gasteiger partial charge in [0.2, 0.25) is 0 Å². The standard InChI is InChI=1S/C36H36FN7O/c1-3-22-7-4-8-23-9-5-10-27(29(22)23)31-32-28(13-15-38-31)30-33(42(32)2)40-35(41-34(30)43-19-25-11-12-26(20-43)39-25)45-21-36-14-6-16-44(36)18-24(37)17-36/h1,4-5,7-10,13,15,24-26,39H,6,11-12,14,16-21H2,2H3/t24-,25?,26?,36+/m1/s1. The zero-order valence-electron chi connectivity index (χ0n) is 25.5. The van der Waals surface area contributed by atoms with Crippen molar-refractivity contribution in [2.75, 3.05) is 37.7 Å². The predicted molar refractivity (Wildman–Crippen MR) is 175 cm³/mol. The number of aromatic nitrogens is 4. The second kappa shape index (κ2) is 10.1. The second-order valence-electron chi connectivity index (χ2n) is 13.4. The van der Waals surface area contributed by atoms with Crippen molar-refractivity contribution in [2.24, 2.45) is 7.05 Å². The summed E-state index contributed by atoms with van der Waals surface area (Å²) in [5.74, 6) is 3.78. The quantitative estimate of drug-likeness (QED) is 0.277. The van der Waals surface area contributed by atoms with E-state index in [0.717, 1.165) is 87.8 Å². The maximum Gasteiger partial charge on any atom is 0.320 e. The van der Waals surface area contributed by atoms with Crippen LogP contribution in [0, 0.1) is 12.3 Å². The van der Waals surface area contributed by atoms with E-state index < -0.39 is 6.17 Å². The van der Waals surface area contributed by atoms with Crippen LogP contribution in [-0.4, -0.2) is 81.0 Å². The smallest absolute Gasteiger partial charge is 0.320 e. The molecule has 8 nitrogen and oxygen atoms in total. The molecule has 5 aromatic rings. The molecule has 2 aromatic carbocycles. The molecule has 7 heterocycles. The molecule has 4 atom stereocenters. The maximum absolute atomic E-state index is 14.5. The van der Waals surface area contributed by atoms with Gasteiger partial charge in [0, 0.05) is 73.3 Å². The monoisotopic (exact) mass is 601 g/mol. The van der Waals surface area contributed by atoms with Crippen LogP contribution in [0.25, 0.3) is 44.0 Å². The minimum atomic E-state index is -0.808. The van der Waals surface area contributed by atoms with Gasteiger partial charge in [0.05, 0.1) is 22.1 Å². The van der Waals surface area contributed by atoms with Gasteiger partial charge in [-0.3, -0.25) is 9.88 Å². The van der Waals surface area contributed by atoms with E-state index in [1.165, 1.54) is 12.8 Å². The molecule has 3 aromatic heterocycles. The minimum Gasteiger partial charge on any atom is -0.461 e. The van der Waals surface area contributed by atoms with E-state index in [0.29, 0.717) is 37.7 Å². The van der Waals surface area contributed by atoms with E-state index in [1.807, 2.05) is 25.4 Å². The van der Waals surface area contributed by atoms with Gasteiger partial charge in [-0.05, 0) is 49.7 Å². The maximum atomic E-state index is 14.5. The third kappa shape index (κ3) is 4.15. The van der Waals surface area contributed by atoms with Crippen LogP contribution in [0.15, 0.2) is 48.7 Å². The number of piperazine rings is 1. The molecule has 2 unspecified atom stereocenters. The van der Waals surface area contributed by atoms with Crippen molar-refractivity contribution < 1.29 is 9.13 Å². The number of terminal acetylenes is 1. The Labute approximate surface area is 261 Å². The number of hydrogen-bond donors (Lipinski definition) is 1. The fourth-order valence-corrected chi connectivity index (χ4v) is 8.77. The summed E-state index contributed by atoms with van der Waals surface area (Å²) in [6, 6.07) is 15.6. The lowest BCUT2D eigenvalue weighted by atomic mass is 9.95. The Balaban J connectivity index is 1.23. The Bertz CT molecular complexity index is 2020. The molecule has 0 aliphatic carbocycles. The Morgan fingerprint density at radius 2 is 1.89 bits per heavy atom. The molecule has 9 heteroatoms. The molecule has 0 radical (unpaired) electrons. The lowest BCUT2D eigenvalue weighted by molar-refractivity contribution is 0.107. The minimum absolute atomic E-state index is 0.273. The molecule has 2 bridgehead atoms. The molecule has 4 aliphatic heterocycles. The van der Waals surface area contributed by atoms with Crippen molar-refractivity contribution in [1.82, 2.24) is 29.7 Å². The molecule has 228 valence electrons. The number of nitrogens with zero attached hydrogens (tertiary/aromatic N) is 6. The van der Waals surface area contributed by atoms with Crippen molar-refractivity contribution in [3.8, 4) is 29.6 Å². The van der Waals surface area contributed by atoms with Gasteiger partial charge >= 0.3 is 6.01 Å². The fraction of sp³-hybridized carbons (Fsp3) is 0.417. The number of anilines is 1. The second-order valence-corrected chi connectivity index (χ2v) is 13.4. The highest BCUT2D eigenvalue weighted by atomic mass is 19.1. The highest BCUT2D eigenvalue weighted by molar-refractivity contribution is 6.16. The van der Waals surface area contributed by atoms with Crippen LogP contribution in [0.3, 0.4) is 0 Å². The molecular weight excluding hydrogens is 565 g/mol. The average Bonchev–Trinajstić information content (AvgIpc) is 3.78. The van der Waals surface area contributed by atoms with Crippen molar-refractivity contribution in [3.63, 3.8) is 0 Å². The van der Waals surface area contributed by atoms with E-state index in [4.69, 9.17) is 26.1 Å². The van der Waals surface area contributed by atoms with Gasteiger partial charge in [-0.1, -0.05) is 36.3 Å². The summed E-state index contributed by atoms with van der Waals surface area (Å²) in [5, 5.41) is 7.91. The first kappa shape index (κ1) is 27.1. The van der Waals surface area contributed by atoms with Crippen LogP contribution in [0.5, 0.6) is 6.01 Å². The molecule has 9 rings (SSSR count). The number of fused-ring (bicyclic) bond motifs is 7. The molecule has 45 heavy (non-hydrogen) atoms. The SMILES string of the molecule is C#Cc1cccc2cccc(-c3nccc4c5c(N6CC7CCC(C6)N7)nc(OC[C@@]67CCCN6C[C@H](F)C7)nc5n(C)c34)c12. The summed E-state index contributed by atoms with van der Waals surface area (Å²) < 4.78 is 23.2. The van der Waals surface area contributed by atoms with Crippen molar-refractivity contribution in [3.05, 3.63) is 54.2 Å². The van der Waals surface area contributed by atoms with Gasteiger partial charge in [-0.2, -0.15) is 9.97 Å². The van der Waals surface area contributed by atoms with E-state index >= 15 is 0 Å². The summed E-state index contributed by atoms with van der Waals surface area (Å²) in [5.41, 5.74) is 4.20. The van der Waals surface area contributed by atoms with Crippen molar-refractivity contribution in [1.29, 1.82) is 0 Å². The fourth-order valence-electron chi connectivity index (χ4n) is 8.77. The first-order chi connectivity index (χ1) is 22.0. The zero-order chi connectivity index (χ0) is 30.3. The topological polar surface area (TPSA) is 71.3 Å². The van der Waals surface area contributed by atoms with Crippen LogP contribution in [0.4, 0.5) is 10.2 Å². The van der Waals surface area contributed by atoms with Gasteiger partial charge in [0.25, 0.3) is 0 Å². The van der Waals surface area contributed by atoms with E-state index in [2.05, 4.69) is 55.9 Å². The third-order valence-corrected chi connectivity index (χ3v) is 10.8. The number of nitrogens with one attached hydrogen (secondary N) is 1. The normalized spacial score (nSPS) is 26.2. The van der Waals surface area contributed by atoms with Crippen LogP contribution >= 0.6 is 0 Å². The van der Waals surface area contributed by atoms with E-state index in [-0.39, 0.29) is 5.54 Å². The molecule has 1 N–H and O–H groups in total. The zero-order valence-corrected chi connectivity index (χ0v) is 25.5. The summed E-state index contributed by atoms with van der Waals surface area (Å²) in [7, 11) is 2.05. The Morgan fingerprint density at radius 1 is 1.07 bits per heavy atom. The van der Waals surface area contributed by atoms with Crippen LogP contribution < -0.4 is 15.0 Å². The van der Waals surface area contributed by atoms with Crippen molar-refractivity contribution >= 4 is 38.5 Å². The number of ether oxygens (including phenoxy) is 1. The van der Waals surface area contributed by atoms with Gasteiger partial charge in [0.15, 0.2) is 0 Å². The third-order valence-electron chi connectivity index (χ3n) is 10.8. The van der Waals surface area contributed by atoms with E-state index in [1.54, 1.807) is 0 Å². The van der Waals surface area contributed by atoms with Gasteiger partial charge in [-0.25, -0.2) is 4.39 Å².